The average molecular weight is 383 g/mol. The summed E-state index contributed by atoms with van der Waals surface area (Å²) in [6.45, 7) is 2.43. The van der Waals surface area contributed by atoms with E-state index in [2.05, 4.69) is 37.2 Å². The predicted molar refractivity (Wildman–Crippen MR) is 75.6 cm³/mol. The Labute approximate surface area is 121 Å². The Bertz CT molecular complexity index is 383. The van der Waals surface area contributed by atoms with Crippen molar-refractivity contribution in [2.75, 3.05) is 19.8 Å². The summed E-state index contributed by atoms with van der Waals surface area (Å²) in [4.78, 5) is 12.5. The van der Waals surface area contributed by atoms with Crippen molar-refractivity contribution < 1.29 is 9.53 Å². The molecule has 1 aromatic rings. The fraction of sp³-hybridized carbons (Fsp3) is 0.545. The molecule has 17 heavy (non-hydrogen) atoms. The molecule has 3 nitrogen and oxygen atoms in total. The number of ether oxygens (including phenoxy) is 1. The molecule has 0 aromatic carbocycles. The van der Waals surface area contributed by atoms with E-state index in [4.69, 9.17) is 4.74 Å². The van der Waals surface area contributed by atoms with Crippen molar-refractivity contribution in [3.8, 4) is 0 Å². The van der Waals surface area contributed by atoms with E-state index in [1.165, 1.54) is 11.3 Å². The molecule has 0 aliphatic carbocycles. The molecule has 1 N–H and O–H groups in total. The second-order valence-corrected chi connectivity index (χ2v) is 7.23. The highest BCUT2D eigenvalue weighted by Crippen LogP contribution is 2.32. The highest BCUT2D eigenvalue weighted by molar-refractivity contribution is 9.13. The van der Waals surface area contributed by atoms with Crippen LogP contribution in [0.25, 0.3) is 0 Å². The van der Waals surface area contributed by atoms with Crippen LogP contribution in [-0.4, -0.2) is 25.7 Å². The van der Waals surface area contributed by atoms with Crippen LogP contribution in [0.15, 0.2) is 14.3 Å². The Morgan fingerprint density at radius 2 is 2.41 bits per heavy atom. The van der Waals surface area contributed by atoms with Gasteiger partial charge in [-0.1, -0.05) is 0 Å². The largest absolute Gasteiger partial charge is 0.381 e. The van der Waals surface area contributed by atoms with Crippen LogP contribution in [0, 0.1) is 5.92 Å². The zero-order valence-corrected chi connectivity index (χ0v) is 13.2. The molecule has 1 amide bonds. The molecule has 1 fully saturated rings. The molecular weight excluding hydrogens is 370 g/mol. The van der Waals surface area contributed by atoms with Gasteiger partial charge in [0.15, 0.2) is 0 Å². The molecule has 1 atom stereocenters. The standard InChI is InChI=1S/C11H13Br2NO2S/c12-8-5-9(17-10(8)13)11(15)14-3-1-7-2-4-16-6-7/h5,7H,1-4,6H2,(H,14,15). The minimum Gasteiger partial charge on any atom is -0.381 e. The van der Waals surface area contributed by atoms with E-state index in [-0.39, 0.29) is 5.91 Å². The Morgan fingerprint density at radius 1 is 1.59 bits per heavy atom. The molecule has 6 heteroatoms. The summed E-state index contributed by atoms with van der Waals surface area (Å²) in [5, 5.41) is 2.94. The van der Waals surface area contributed by atoms with E-state index in [1.54, 1.807) is 0 Å². The van der Waals surface area contributed by atoms with Crippen LogP contribution in [0.1, 0.15) is 22.5 Å². The van der Waals surface area contributed by atoms with E-state index in [0.717, 1.165) is 45.7 Å². The Kier molecular flexibility index (Phi) is 5.02. The van der Waals surface area contributed by atoms with Crippen LogP contribution in [-0.2, 0) is 4.74 Å². The highest BCUT2D eigenvalue weighted by atomic mass is 79.9. The summed E-state index contributed by atoms with van der Waals surface area (Å²) in [6.07, 6.45) is 2.12. The lowest BCUT2D eigenvalue weighted by atomic mass is 10.1. The third-order valence-corrected chi connectivity index (χ3v) is 5.99. The summed E-state index contributed by atoms with van der Waals surface area (Å²) in [5.74, 6) is 0.609. The second kappa shape index (κ2) is 6.31. The number of carbonyl (C=O) groups is 1. The van der Waals surface area contributed by atoms with E-state index in [0.29, 0.717) is 5.92 Å². The van der Waals surface area contributed by atoms with Crippen molar-refractivity contribution >= 4 is 49.1 Å². The van der Waals surface area contributed by atoms with Crippen LogP contribution < -0.4 is 5.32 Å². The number of amides is 1. The molecule has 0 spiro atoms. The number of hydrogen-bond acceptors (Lipinski definition) is 3. The first-order valence-corrected chi connectivity index (χ1v) is 7.88. The minimum absolute atomic E-state index is 0.000292. The summed E-state index contributed by atoms with van der Waals surface area (Å²) in [7, 11) is 0. The number of thiophene rings is 1. The third-order valence-electron chi connectivity index (χ3n) is 2.73. The second-order valence-electron chi connectivity index (χ2n) is 4.01. The Balaban J connectivity index is 1.76. The summed E-state index contributed by atoms with van der Waals surface area (Å²) in [6, 6.07) is 1.84. The molecule has 1 saturated heterocycles. The first-order valence-electron chi connectivity index (χ1n) is 5.47. The van der Waals surface area contributed by atoms with Crippen molar-refractivity contribution in [1.82, 2.24) is 5.32 Å². The zero-order valence-electron chi connectivity index (χ0n) is 9.17. The van der Waals surface area contributed by atoms with Gasteiger partial charge in [-0.05, 0) is 56.7 Å². The van der Waals surface area contributed by atoms with Gasteiger partial charge >= 0.3 is 0 Å². The maximum absolute atomic E-state index is 11.8. The highest BCUT2D eigenvalue weighted by Gasteiger charge is 2.16. The summed E-state index contributed by atoms with van der Waals surface area (Å²) < 4.78 is 7.17. The van der Waals surface area contributed by atoms with Gasteiger partial charge in [0, 0.05) is 24.2 Å². The maximum atomic E-state index is 11.8. The van der Waals surface area contributed by atoms with E-state index in [9.17, 15) is 4.79 Å². The molecule has 1 unspecified atom stereocenters. The molecule has 0 radical (unpaired) electrons. The van der Waals surface area contributed by atoms with Crippen LogP contribution in [0.3, 0.4) is 0 Å². The lowest BCUT2D eigenvalue weighted by molar-refractivity contribution is 0.0954. The minimum atomic E-state index is 0.000292. The van der Waals surface area contributed by atoms with E-state index < -0.39 is 0 Å². The van der Waals surface area contributed by atoms with Gasteiger partial charge < -0.3 is 10.1 Å². The molecule has 1 aromatic heterocycles. The smallest absolute Gasteiger partial charge is 0.261 e. The molecule has 1 aliphatic heterocycles. The number of nitrogens with one attached hydrogen (secondary N) is 1. The van der Waals surface area contributed by atoms with E-state index >= 15 is 0 Å². The van der Waals surface area contributed by atoms with E-state index in [1.807, 2.05) is 6.07 Å². The van der Waals surface area contributed by atoms with Gasteiger partial charge in [-0.3, -0.25) is 4.79 Å². The lowest BCUT2D eigenvalue weighted by Crippen LogP contribution is -2.25. The third kappa shape index (κ3) is 3.77. The number of hydrogen-bond donors (Lipinski definition) is 1. The van der Waals surface area contributed by atoms with Gasteiger partial charge in [0.1, 0.15) is 0 Å². The topological polar surface area (TPSA) is 38.3 Å². The van der Waals surface area contributed by atoms with Gasteiger partial charge in [0.05, 0.1) is 8.66 Å². The van der Waals surface area contributed by atoms with Crippen molar-refractivity contribution in [2.45, 2.75) is 12.8 Å². The molecule has 94 valence electrons. The normalized spacial score (nSPS) is 19.5. The van der Waals surface area contributed by atoms with Gasteiger partial charge in [0.2, 0.25) is 0 Å². The fourth-order valence-electron chi connectivity index (χ4n) is 1.75. The van der Waals surface area contributed by atoms with Crippen molar-refractivity contribution in [3.05, 3.63) is 19.2 Å². The number of halogens is 2. The molecule has 2 heterocycles. The van der Waals surface area contributed by atoms with Gasteiger partial charge in [-0.25, -0.2) is 0 Å². The molecule has 1 aliphatic rings. The van der Waals surface area contributed by atoms with Crippen molar-refractivity contribution in [2.24, 2.45) is 5.92 Å². The zero-order chi connectivity index (χ0) is 12.3. The monoisotopic (exact) mass is 381 g/mol. The van der Waals surface area contributed by atoms with Crippen LogP contribution in [0.5, 0.6) is 0 Å². The Morgan fingerprint density at radius 3 is 3.00 bits per heavy atom. The first-order chi connectivity index (χ1) is 8.16. The molecule has 2 rings (SSSR count). The fourth-order valence-corrected chi connectivity index (χ4v) is 3.70. The maximum Gasteiger partial charge on any atom is 0.261 e. The Hall–Kier alpha value is 0.0900. The first kappa shape index (κ1) is 13.5. The average Bonchev–Trinajstić information content (AvgIpc) is 2.90. The number of carbonyl (C=O) groups excluding carboxylic acids is 1. The van der Waals surface area contributed by atoms with Crippen molar-refractivity contribution in [1.29, 1.82) is 0 Å². The quantitative estimate of drug-likeness (QED) is 0.866. The predicted octanol–water partition coefficient (Wildman–Crippen LogP) is 3.43. The lowest BCUT2D eigenvalue weighted by Gasteiger charge is -2.07. The molecule has 0 bridgehead atoms. The summed E-state index contributed by atoms with van der Waals surface area (Å²) >= 11 is 8.19. The summed E-state index contributed by atoms with van der Waals surface area (Å²) in [5.41, 5.74) is 0. The molecule has 0 saturated carbocycles. The number of rotatable bonds is 4. The van der Waals surface area contributed by atoms with Crippen LogP contribution >= 0.6 is 43.2 Å². The SMILES string of the molecule is O=C(NCCC1CCOC1)c1cc(Br)c(Br)s1. The molecular formula is C11H13Br2NO2S. The van der Waals surface area contributed by atoms with Gasteiger partial charge in [-0.15, -0.1) is 11.3 Å². The van der Waals surface area contributed by atoms with Crippen LogP contribution in [0.4, 0.5) is 0 Å². The van der Waals surface area contributed by atoms with Crippen LogP contribution in [0.2, 0.25) is 0 Å². The van der Waals surface area contributed by atoms with Crippen molar-refractivity contribution in [3.63, 3.8) is 0 Å². The van der Waals surface area contributed by atoms with Gasteiger partial charge in [-0.2, -0.15) is 0 Å². The van der Waals surface area contributed by atoms with Gasteiger partial charge in [0.25, 0.3) is 5.91 Å².